The van der Waals surface area contributed by atoms with Crippen molar-refractivity contribution in [1.29, 1.82) is 0 Å². The number of hydrogen-bond acceptors (Lipinski definition) is 4. The molecule has 3 nitrogen and oxygen atoms in total. The molecule has 0 spiro atoms. The number of hydrogen-bond donors (Lipinski definition) is 1. The molecule has 0 amide bonds. The summed E-state index contributed by atoms with van der Waals surface area (Å²) in [5.74, 6) is 0. The number of nitrogens with zero attached hydrogens (tertiary/aromatic N) is 2. The summed E-state index contributed by atoms with van der Waals surface area (Å²) >= 11 is 1.68. The van der Waals surface area contributed by atoms with Crippen LogP contribution in [-0.4, -0.2) is 48.1 Å². The summed E-state index contributed by atoms with van der Waals surface area (Å²) in [7, 11) is 2.00. The fraction of sp³-hybridized carbons (Fsp3) is 0.714. The molecule has 1 aromatic rings. The number of aliphatic hydroxyl groups excluding tert-OH is 1. The van der Waals surface area contributed by atoms with E-state index in [2.05, 4.69) is 17.9 Å². The quantitative estimate of drug-likeness (QED) is 0.831. The molecule has 1 fully saturated rings. The van der Waals surface area contributed by atoms with Crippen molar-refractivity contribution < 1.29 is 5.11 Å². The van der Waals surface area contributed by atoms with Gasteiger partial charge in [-0.05, 0) is 52.0 Å². The number of aliphatic hydroxyl groups is 1. The van der Waals surface area contributed by atoms with Crippen molar-refractivity contribution in [3.8, 4) is 0 Å². The van der Waals surface area contributed by atoms with E-state index in [0.717, 1.165) is 18.0 Å². The molecule has 0 aliphatic carbocycles. The molecule has 1 atom stereocenters. The van der Waals surface area contributed by atoms with Crippen LogP contribution < -0.4 is 0 Å². The van der Waals surface area contributed by atoms with Crippen LogP contribution in [-0.2, 0) is 0 Å². The molecule has 2 heterocycles. The van der Waals surface area contributed by atoms with Gasteiger partial charge in [0, 0.05) is 22.8 Å². The lowest BCUT2D eigenvalue weighted by molar-refractivity contribution is 0.0166. The van der Waals surface area contributed by atoms with Gasteiger partial charge in [0.15, 0.2) is 0 Å². The Hall–Kier alpha value is -0.420. The van der Waals surface area contributed by atoms with Crippen molar-refractivity contribution in [2.75, 3.05) is 33.2 Å². The van der Waals surface area contributed by atoms with E-state index in [9.17, 15) is 5.11 Å². The Morgan fingerprint density at radius 3 is 2.67 bits per heavy atom. The predicted octanol–water partition coefficient (Wildman–Crippen LogP) is 2.47. The van der Waals surface area contributed by atoms with Gasteiger partial charge in [0.25, 0.3) is 0 Å². The lowest BCUT2D eigenvalue weighted by Crippen LogP contribution is -2.37. The minimum atomic E-state index is -0.450. The van der Waals surface area contributed by atoms with Crippen molar-refractivity contribution >= 4 is 11.3 Å². The minimum Gasteiger partial charge on any atom is -0.373 e. The summed E-state index contributed by atoms with van der Waals surface area (Å²) < 4.78 is 0. The molecule has 0 radical (unpaired) electrons. The zero-order chi connectivity index (χ0) is 13.0. The lowest BCUT2D eigenvalue weighted by atomic mass is 10.1. The van der Waals surface area contributed by atoms with E-state index in [1.165, 1.54) is 37.2 Å². The zero-order valence-electron chi connectivity index (χ0n) is 11.4. The van der Waals surface area contributed by atoms with Gasteiger partial charge in [-0.1, -0.05) is 6.42 Å². The van der Waals surface area contributed by atoms with E-state index >= 15 is 0 Å². The molecule has 1 saturated heterocycles. The molecule has 1 unspecified atom stereocenters. The van der Waals surface area contributed by atoms with Gasteiger partial charge in [0.05, 0.1) is 0 Å². The average Bonchev–Trinajstić information content (AvgIpc) is 2.83. The number of thiophene rings is 1. The van der Waals surface area contributed by atoms with E-state index in [0.29, 0.717) is 0 Å². The van der Waals surface area contributed by atoms with E-state index in [1.54, 1.807) is 11.3 Å². The van der Waals surface area contributed by atoms with Crippen LogP contribution in [0.3, 0.4) is 0 Å². The fourth-order valence-corrected chi connectivity index (χ4v) is 3.34. The molecule has 1 aromatic heterocycles. The molecular formula is C14H24N2OS. The maximum absolute atomic E-state index is 10.2. The molecule has 2 rings (SSSR count). The Balaban J connectivity index is 1.78. The largest absolute Gasteiger partial charge is 0.373 e. The molecule has 0 aromatic carbocycles. The average molecular weight is 268 g/mol. The Bertz CT molecular complexity index is 360. The predicted molar refractivity (Wildman–Crippen MR) is 76.9 cm³/mol. The maximum Gasteiger partial charge on any atom is 0.142 e. The van der Waals surface area contributed by atoms with E-state index < -0.39 is 6.23 Å². The summed E-state index contributed by atoms with van der Waals surface area (Å²) in [4.78, 5) is 6.86. The summed E-state index contributed by atoms with van der Waals surface area (Å²) in [6, 6.07) is 4.10. The number of aryl methyl sites for hydroxylation is 1. The second kappa shape index (κ2) is 6.66. The number of likely N-dealkylation sites (N-methyl/N-ethyl adjacent to an activating group) is 1. The first kappa shape index (κ1) is 14.0. The highest BCUT2D eigenvalue weighted by molar-refractivity contribution is 7.11. The van der Waals surface area contributed by atoms with Crippen LogP contribution in [0.1, 0.15) is 35.2 Å². The Morgan fingerprint density at radius 1 is 1.33 bits per heavy atom. The third-order valence-electron chi connectivity index (χ3n) is 3.65. The standard InChI is InChI=1S/C14H24N2OS/c1-12-6-7-13(18-12)14(17)15(2)10-11-16-8-4-3-5-9-16/h6-7,14,17H,3-5,8-11H2,1-2H3. The topological polar surface area (TPSA) is 26.7 Å². The van der Waals surface area contributed by atoms with Gasteiger partial charge in [-0.2, -0.15) is 0 Å². The van der Waals surface area contributed by atoms with Gasteiger partial charge in [-0.25, -0.2) is 0 Å². The van der Waals surface area contributed by atoms with Crippen molar-refractivity contribution in [2.24, 2.45) is 0 Å². The van der Waals surface area contributed by atoms with Crippen LogP contribution in [0.4, 0.5) is 0 Å². The highest BCUT2D eigenvalue weighted by Crippen LogP contribution is 2.24. The lowest BCUT2D eigenvalue weighted by Gasteiger charge is -2.30. The first-order valence-electron chi connectivity index (χ1n) is 6.84. The summed E-state index contributed by atoms with van der Waals surface area (Å²) in [6.45, 7) is 6.52. The van der Waals surface area contributed by atoms with Crippen LogP contribution in [0.2, 0.25) is 0 Å². The summed E-state index contributed by atoms with van der Waals surface area (Å²) in [5, 5.41) is 10.2. The minimum absolute atomic E-state index is 0.450. The molecule has 1 N–H and O–H groups in total. The summed E-state index contributed by atoms with van der Waals surface area (Å²) in [5.41, 5.74) is 0. The summed E-state index contributed by atoms with van der Waals surface area (Å²) in [6.07, 6.45) is 3.59. The van der Waals surface area contributed by atoms with Gasteiger partial charge in [-0.15, -0.1) is 11.3 Å². The second-order valence-corrected chi connectivity index (χ2v) is 6.52. The van der Waals surface area contributed by atoms with E-state index in [4.69, 9.17) is 0 Å². The van der Waals surface area contributed by atoms with Gasteiger partial charge < -0.3 is 10.0 Å². The highest BCUT2D eigenvalue weighted by Gasteiger charge is 2.17. The SMILES string of the molecule is Cc1ccc(C(O)N(C)CCN2CCCCC2)s1. The van der Waals surface area contributed by atoms with Crippen LogP contribution in [0.5, 0.6) is 0 Å². The molecular weight excluding hydrogens is 244 g/mol. The first-order chi connectivity index (χ1) is 8.66. The third kappa shape index (κ3) is 3.79. The first-order valence-corrected chi connectivity index (χ1v) is 7.65. The van der Waals surface area contributed by atoms with Crippen LogP contribution >= 0.6 is 11.3 Å². The number of piperidine rings is 1. The molecule has 1 aliphatic heterocycles. The van der Waals surface area contributed by atoms with Gasteiger partial charge >= 0.3 is 0 Å². The Morgan fingerprint density at radius 2 is 2.06 bits per heavy atom. The molecule has 0 bridgehead atoms. The van der Waals surface area contributed by atoms with E-state index in [1.807, 2.05) is 18.0 Å². The van der Waals surface area contributed by atoms with Gasteiger partial charge in [0.2, 0.25) is 0 Å². The van der Waals surface area contributed by atoms with Crippen molar-refractivity contribution in [3.05, 3.63) is 21.9 Å². The van der Waals surface area contributed by atoms with Gasteiger partial charge in [-0.3, -0.25) is 4.90 Å². The van der Waals surface area contributed by atoms with Crippen LogP contribution in [0.15, 0.2) is 12.1 Å². The highest BCUT2D eigenvalue weighted by atomic mass is 32.1. The number of likely N-dealkylation sites (tertiary alicyclic amines) is 1. The Kier molecular flexibility index (Phi) is 5.18. The molecule has 18 heavy (non-hydrogen) atoms. The monoisotopic (exact) mass is 268 g/mol. The molecule has 0 saturated carbocycles. The number of rotatable bonds is 5. The second-order valence-electron chi connectivity index (χ2n) is 5.20. The smallest absolute Gasteiger partial charge is 0.142 e. The fourth-order valence-electron chi connectivity index (χ4n) is 2.41. The van der Waals surface area contributed by atoms with Crippen LogP contribution in [0, 0.1) is 6.92 Å². The van der Waals surface area contributed by atoms with Crippen molar-refractivity contribution in [2.45, 2.75) is 32.4 Å². The zero-order valence-corrected chi connectivity index (χ0v) is 12.2. The van der Waals surface area contributed by atoms with Crippen molar-refractivity contribution in [3.63, 3.8) is 0 Å². The van der Waals surface area contributed by atoms with Crippen LogP contribution in [0.25, 0.3) is 0 Å². The maximum atomic E-state index is 10.2. The molecule has 1 aliphatic rings. The Labute approximate surface area is 114 Å². The molecule has 102 valence electrons. The van der Waals surface area contributed by atoms with Crippen molar-refractivity contribution in [1.82, 2.24) is 9.80 Å². The van der Waals surface area contributed by atoms with E-state index in [-0.39, 0.29) is 0 Å². The third-order valence-corrected chi connectivity index (χ3v) is 4.69. The normalized spacial score (nSPS) is 19.3. The molecule has 4 heteroatoms. The van der Waals surface area contributed by atoms with Gasteiger partial charge in [0.1, 0.15) is 6.23 Å².